The number of carbonyl (C=O) groups excluding carboxylic acids is 1. The van der Waals surface area contributed by atoms with E-state index < -0.39 is 0 Å². The zero-order valence-electron chi connectivity index (χ0n) is 14.3. The second-order valence-electron chi connectivity index (χ2n) is 5.17. The average Bonchev–Trinajstić information content (AvgIpc) is 3.07. The van der Waals surface area contributed by atoms with Crippen LogP contribution in [0, 0.1) is 0 Å². The van der Waals surface area contributed by atoms with Gasteiger partial charge in [0, 0.05) is 18.8 Å². The van der Waals surface area contributed by atoms with Gasteiger partial charge in [0.25, 0.3) is 0 Å². The molecule has 1 amide bonds. The third-order valence-electron chi connectivity index (χ3n) is 3.42. The van der Waals surface area contributed by atoms with Crippen molar-refractivity contribution in [1.29, 1.82) is 0 Å². The Morgan fingerprint density at radius 2 is 2.00 bits per heavy atom. The van der Waals surface area contributed by atoms with Crippen molar-refractivity contribution in [1.82, 2.24) is 15.1 Å². The standard InChI is InChI=1S/C18H22N4OS2/c1-4-11-22(12-5-2)16(23)13-24-18-21-20-17(25-18)19-15-10-8-7-9-14(15)6-3/h4-5,7-10H,1-2,6,11-13H2,3H3,(H,19,20). The molecule has 7 heteroatoms. The summed E-state index contributed by atoms with van der Waals surface area (Å²) in [4.78, 5) is 13.9. The number of aromatic nitrogens is 2. The zero-order valence-corrected chi connectivity index (χ0v) is 15.9. The van der Waals surface area contributed by atoms with Gasteiger partial charge in [0.2, 0.25) is 11.0 Å². The number of hydrogen-bond donors (Lipinski definition) is 1. The molecular formula is C18H22N4OS2. The van der Waals surface area contributed by atoms with Gasteiger partial charge < -0.3 is 10.2 Å². The Labute approximate surface area is 156 Å². The van der Waals surface area contributed by atoms with Crippen molar-refractivity contribution in [2.75, 3.05) is 24.2 Å². The van der Waals surface area contributed by atoms with Gasteiger partial charge >= 0.3 is 0 Å². The van der Waals surface area contributed by atoms with Crippen LogP contribution in [0.2, 0.25) is 0 Å². The maximum atomic E-state index is 12.2. The molecule has 5 nitrogen and oxygen atoms in total. The Balaban J connectivity index is 1.94. The minimum atomic E-state index is 0.0332. The molecule has 2 aromatic rings. The second kappa shape index (κ2) is 10.0. The van der Waals surface area contributed by atoms with Crippen LogP contribution < -0.4 is 5.32 Å². The molecule has 1 aromatic carbocycles. The number of amides is 1. The van der Waals surface area contributed by atoms with E-state index in [2.05, 4.69) is 41.7 Å². The number of carbonyl (C=O) groups is 1. The highest BCUT2D eigenvalue weighted by atomic mass is 32.2. The third-order valence-corrected chi connectivity index (χ3v) is 5.37. The molecule has 2 rings (SSSR count). The summed E-state index contributed by atoms with van der Waals surface area (Å²) in [5.74, 6) is 0.354. The summed E-state index contributed by atoms with van der Waals surface area (Å²) in [5, 5.41) is 12.3. The SMILES string of the molecule is C=CCN(CC=C)C(=O)CSc1nnc(Nc2ccccc2CC)s1. The fourth-order valence-corrected chi connectivity index (χ4v) is 3.86. The van der Waals surface area contributed by atoms with E-state index in [1.807, 2.05) is 18.2 Å². The quantitative estimate of drug-likeness (QED) is 0.500. The number of anilines is 2. The summed E-state index contributed by atoms with van der Waals surface area (Å²) in [7, 11) is 0. The number of nitrogens with zero attached hydrogens (tertiary/aromatic N) is 3. The first kappa shape index (κ1) is 19.2. The molecule has 25 heavy (non-hydrogen) atoms. The summed E-state index contributed by atoms with van der Waals surface area (Å²) in [5.41, 5.74) is 2.27. The monoisotopic (exact) mass is 374 g/mol. The van der Waals surface area contributed by atoms with Gasteiger partial charge in [0.15, 0.2) is 4.34 Å². The Bertz CT molecular complexity index is 719. The van der Waals surface area contributed by atoms with Gasteiger partial charge in [0.1, 0.15) is 0 Å². The van der Waals surface area contributed by atoms with E-state index in [-0.39, 0.29) is 5.91 Å². The van der Waals surface area contributed by atoms with Crippen LogP contribution in [0.15, 0.2) is 53.9 Å². The predicted octanol–water partition coefficient (Wildman–Crippen LogP) is 4.14. The number of thioether (sulfide) groups is 1. The van der Waals surface area contributed by atoms with E-state index in [1.165, 1.54) is 28.7 Å². The lowest BCUT2D eigenvalue weighted by Crippen LogP contribution is -2.32. The number of nitrogens with one attached hydrogen (secondary N) is 1. The van der Waals surface area contributed by atoms with Crippen molar-refractivity contribution in [2.45, 2.75) is 17.7 Å². The van der Waals surface area contributed by atoms with Crippen LogP contribution in [-0.2, 0) is 11.2 Å². The molecule has 0 atom stereocenters. The summed E-state index contributed by atoms with van der Waals surface area (Å²) in [6, 6.07) is 8.13. The van der Waals surface area contributed by atoms with Crippen molar-refractivity contribution >= 4 is 39.8 Å². The highest BCUT2D eigenvalue weighted by Crippen LogP contribution is 2.29. The van der Waals surface area contributed by atoms with E-state index >= 15 is 0 Å². The third kappa shape index (κ3) is 5.72. The van der Waals surface area contributed by atoms with Crippen molar-refractivity contribution in [2.24, 2.45) is 0 Å². The van der Waals surface area contributed by atoms with Crippen LogP contribution in [0.1, 0.15) is 12.5 Å². The Morgan fingerprint density at radius 3 is 2.68 bits per heavy atom. The number of rotatable bonds is 10. The molecule has 132 valence electrons. The van der Waals surface area contributed by atoms with Crippen LogP contribution >= 0.6 is 23.1 Å². The normalized spacial score (nSPS) is 10.3. The first-order valence-electron chi connectivity index (χ1n) is 7.98. The van der Waals surface area contributed by atoms with Crippen LogP contribution in [-0.4, -0.2) is 39.8 Å². The van der Waals surface area contributed by atoms with Crippen molar-refractivity contribution in [3.63, 3.8) is 0 Å². The van der Waals surface area contributed by atoms with Gasteiger partial charge in [-0.25, -0.2) is 0 Å². The van der Waals surface area contributed by atoms with Gasteiger partial charge in [-0.3, -0.25) is 4.79 Å². The number of aryl methyl sites for hydroxylation is 1. The number of hydrogen-bond acceptors (Lipinski definition) is 6. The van der Waals surface area contributed by atoms with E-state index in [4.69, 9.17) is 0 Å². The lowest BCUT2D eigenvalue weighted by atomic mass is 10.1. The first-order chi connectivity index (χ1) is 12.2. The molecule has 1 aromatic heterocycles. The molecule has 1 N–H and O–H groups in total. The molecule has 0 spiro atoms. The molecule has 0 bridgehead atoms. The maximum Gasteiger partial charge on any atom is 0.233 e. The van der Waals surface area contributed by atoms with E-state index in [9.17, 15) is 4.79 Å². The predicted molar refractivity (Wildman–Crippen MR) is 107 cm³/mol. The average molecular weight is 375 g/mol. The van der Waals surface area contributed by atoms with E-state index in [0.29, 0.717) is 18.8 Å². The molecule has 0 aliphatic carbocycles. The van der Waals surface area contributed by atoms with E-state index in [1.54, 1.807) is 17.1 Å². The van der Waals surface area contributed by atoms with Crippen LogP contribution in [0.4, 0.5) is 10.8 Å². The minimum Gasteiger partial charge on any atom is -0.335 e. The lowest BCUT2D eigenvalue weighted by molar-refractivity contribution is -0.127. The highest BCUT2D eigenvalue weighted by molar-refractivity contribution is 8.01. The van der Waals surface area contributed by atoms with Gasteiger partial charge in [-0.2, -0.15) is 0 Å². The van der Waals surface area contributed by atoms with E-state index in [0.717, 1.165) is 21.6 Å². The summed E-state index contributed by atoms with van der Waals surface area (Å²) in [6.07, 6.45) is 4.37. The molecule has 1 heterocycles. The number of para-hydroxylation sites is 1. The molecular weight excluding hydrogens is 352 g/mol. The van der Waals surface area contributed by atoms with Gasteiger partial charge in [-0.1, -0.05) is 60.4 Å². The molecule has 0 radical (unpaired) electrons. The maximum absolute atomic E-state index is 12.2. The summed E-state index contributed by atoms with van der Waals surface area (Å²) < 4.78 is 0.766. The second-order valence-corrected chi connectivity index (χ2v) is 7.37. The minimum absolute atomic E-state index is 0.0332. The lowest BCUT2D eigenvalue weighted by Gasteiger charge is -2.18. The molecule has 0 aliphatic rings. The van der Waals surface area contributed by atoms with Gasteiger partial charge in [-0.15, -0.1) is 23.4 Å². The first-order valence-corrected chi connectivity index (χ1v) is 9.79. The number of benzene rings is 1. The fraction of sp³-hybridized carbons (Fsp3) is 0.278. The van der Waals surface area contributed by atoms with Crippen molar-refractivity contribution < 1.29 is 4.79 Å². The highest BCUT2D eigenvalue weighted by Gasteiger charge is 2.13. The molecule has 0 saturated carbocycles. The largest absolute Gasteiger partial charge is 0.335 e. The van der Waals surface area contributed by atoms with Gasteiger partial charge in [0.05, 0.1) is 5.75 Å². The van der Waals surface area contributed by atoms with Crippen LogP contribution in [0.25, 0.3) is 0 Å². The van der Waals surface area contributed by atoms with Gasteiger partial charge in [-0.05, 0) is 18.1 Å². The van der Waals surface area contributed by atoms with Crippen molar-refractivity contribution in [3.8, 4) is 0 Å². The zero-order chi connectivity index (χ0) is 18.1. The Hall–Kier alpha value is -2.12. The molecule has 0 fully saturated rings. The Morgan fingerprint density at radius 1 is 1.28 bits per heavy atom. The Kier molecular flexibility index (Phi) is 7.69. The topological polar surface area (TPSA) is 58.1 Å². The molecule has 0 aliphatic heterocycles. The van der Waals surface area contributed by atoms with Crippen molar-refractivity contribution in [3.05, 3.63) is 55.1 Å². The smallest absolute Gasteiger partial charge is 0.233 e. The molecule has 0 saturated heterocycles. The summed E-state index contributed by atoms with van der Waals surface area (Å²) in [6.45, 7) is 10.5. The summed E-state index contributed by atoms with van der Waals surface area (Å²) >= 11 is 2.84. The van der Waals surface area contributed by atoms with Crippen LogP contribution in [0.3, 0.4) is 0 Å². The van der Waals surface area contributed by atoms with Crippen LogP contribution in [0.5, 0.6) is 0 Å². The molecule has 0 unspecified atom stereocenters. The fourth-order valence-electron chi connectivity index (χ4n) is 2.19.